The Labute approximate surface area is 151 Å². The fourth-order valence-electron chi connectivity index (χ4n) is 1.89. The second kappa shape index (κ2) is 10.7. The minimum atomic E-state index is -0.776. The Bertz CT molecular complexity index is 662. The van der Waals surface area contributed by atoms with Crippen molar-refractivity contribution < 1.29 is 28.7 Å². The largest absolute Gasteiger partial charge is 0.497 e. The number of amides is 3. The van der Waals surface area contributed by atoms with E-state index in [1.54, 1.807) is 25.1 Å². The maximum atomic E-state index is 11.9. The van der Waals surface area contributed by atoms with Gasteiger partial charge in [-0.1, -0.05) is 6.07 Å². The number of esters is 1. The van der Waals surface area contributed by atoms with Crippen molar-refractivity contribution in [2.75, 3.05) is 26.8 Å². The molecule has 3 amide bonds. The monoisotopic (exact) mass is 365 g/mol. The van der Waals surface area contributed by atoms with Gasteiger partial charge in [-0.05, 0) is 32.0 Å². The summed E-state index contributed by atoms with van der Waals surface area (Å²) in [4.78, 5) is 46.7. The van der Waals surface area contributed by atoms with E-state index >= 15 is 0 Å². The lowest BCUT2D eigenvalue weighted by molar-refractivity contribution is -0.147. The number of methoxy groups -OCH3 is 1. The average molecular weight is 365 g/mol. The Morgan fingerprint density at radius 3 is 2.54 bits per heavy atom. The summed E-state index contributed by atoms with van der Waals surface area (Å²) in [7, 11) is 1.48. The summed E-state index contributed by atoms with van der Waals surface area (Å²) in [6.45, 7) is 2.78. The molecule has 3 N–H and O–H groups in total. The molecule has 142 valence electrons. The molecule has 0 spiro atoms. The number of carbonyl (C=O) groups is 4. The van der Waals surface area contributed by atoms with Crippen molar-refractivity contribution in [3.63, 3.8) is 0 Å². The van der Waals surface area contributed by atoms with E-state index in [0.717, 1.165) is 0 Å². The van der Waals surface area contributed by atoms with Crippen LogP contribution in [-0.2, 0) is 19.1 Å². The second-order valence-corrected chi connectivity index (χ2v) is 5.26. The van der Waals surface area contributed by atoms with Crippen molar-refractivity contribution in [3.8, 4) is 5.75 Å². The molecule has 0 saturated carbocycles. The number of likely N-dealkylation sites (N-methyl/N-ethyl adjacent to an activating group) is 1. The predicted molar refractivity (Wildman–Crippen MR) is 92.6 cm³/mol. The Hall–Kier alpha value is -3.10. The number of hydrogen-bond acceptors (Lipinski definition) is 6. The molecule has 26 heavy (non-hydrogen) atoms. The lowest BCUT2D eigenvalue weighted by Crippen LogP contribution is -2.46. The molecule has 1 atom stereocenters. The minimum Gasteiger partial charge on any atom is -0.497 e. The van der Waals surface area contributed by atoms with Gasteiger partial charge >= 0.3 is 5.97 Å². The molecule has 0 aromatic heterocycles. The van der Waals surface area contributed by atoms with Crippen molar-refractivity contribution in [2.24, 2.45) is 0 Å². The number of ether oxygens (including phenoxy) is 2. The third-order valence-electron chi connectivity index (χ3n) is 3.21. The number of benzene rings is 1. The van der Waals surface area contributed by atoms with Gasteiger partial charge in [-0.15, -0.1) is 0 Å². The Morgan fingerprint density at radius 2 is 1.88 bits per heavy atom. The van der Waals surface area contributed by atoms with Crippen LogP contribution in [0.5, 0.6) is 5.75 Å². The van der Waals surface area contributed by atoms with Gasteiger partial charge < -0.3 is 25.4 Å². The van der Waals surface area contributed by atoms with Crippen molar-refractivity contribution in [2.45, 2.75) is 19.9 Å². The standard InChI is InChI=1S/C17H23N3O6/c1-4-18-16(23)11(2)20-14(21)10-26-15(22)9-19-17(24)12-6-5-7-13(8-12)25-3/h5-8,11H,4,9-10H2,1-3H3,(H,18,23)(H,19,24)(H,20,21)/t11-/m0/s1. The molecule has 9 heteroatoms. The van der Waals surface area contributed by atoms with Gasteiger partial charge in [0.1, 0.15) is 18.3 Å². The first-order valence-corrected chi connectivity index (χ1v) is 8.02. The molecule has 0 radical (unpaired) electrons. The highest BCUT2D eigenvalue weighted by Crippen LogP contribution is 2.12. The third kappa shape index (κ3) is 7.20. The van der Waals surface area contributed by atoms with Crippen LogP contribution in [-0.4, -0.2) is 56.5 Å². The first-order valence-electron chi connectivity index (χ1n) is 8.02. The van der Waals surface area contributed by atoms with Crippen LogP contribution in [0.25, 0.3) is 0 Å². The summed E-state index contributed by atoms with van der Waals surface area (Å²) >= 11 is 0. The molecule has 0 aliphatic carbocycles. The van der Waals surface area contributed by atoms with Gasteiger partial charge in [0.2, 0.25) is 5.91 Å². The van der Waals surface area contributed by atoms with Crippen LogP contribution in [0.15, 0.2) is 24.3 Å². The predicted octanol–water partition coefficient (Wildman–Crippen LogP) is -0.391. The molecule has 1 aromatic rings. The zero-order valence-electron chi connectivity index (χ0n) is 15.0. The van der Waals surface area contributed by atoms with Crippen molar-refractivity contribution in [3.05, 3.63) is 29.8 Å². The fraction of sp³-hybridized carbons (Fsp3) is 0.412. The maximum absolute atomic E-state index is 11.9. The van der Waals surface area contributed by atoms with E-state index in [2.05, 4.69) is 16.0 Å². The quantitative estimate of drug-likeness (QED) is 0.512. The van der Waals surface area contributed by atoms with Crippen molar-refractivity contribution in [1.82, 2.24) is 16.0 Å². The molecule has 0 aliphatic rings. The first-order chi connectivity index (χ1) is 12.4. The number of carbonyl (C=O) groups excluding carboxylic acids is 4. The summed E-state index contributed by atoms with van der Waals surface area (Å²) in [5, 5.41) is 7.33. The SMILES string of the molecule is CCNC(=O)[C@H](C)NC(=O)COC(=O)CNC(=O)c1cccc(OC)c1. The van der Waals surface area contributed by atoms with E-state index in [1.165, 1.54) is 20.1 Å². The van der Waals surface area contributed by atoms with Crippen LogP contribution in [0.4, 0.5) is 0 Å². The Morgan fingerprint density at radius 1 is 1.15 bits per heavy atom. The highest BCUT2D eigenvalue weighted by molar-refractivity contribution is 5.96. The van der Waals surface area contributed by atoms with Gasteiger partial charge in [-0.25, -0.2) is 0 Å². The van der Waals surface area contributed by atoms with Gasteiger partial charge in [0, 0.05) is 12.1 Å². The topological polar surface area (TPSA) is 123 Å². The highest BCUT2D eigenvalue weighted by Gasteiger charge is 2.16. The maximum Gasteiger partial charge on any atom is 0.325 e. The van der Waals surface area contributed by atoms with Crippen LogP contribution < -0.4 is 20.7 Å². The smallest absolute Gasteiger partial charge is 0.325 e. The second-order valence-electron chi connectivity index (χ2n) is 5.26. The highest BCUT2D eigenvalue weighted by atomic mass is 16.5. The van der Waals surface area contributed by atoms with E-state index in [9.17, 15) is 19.2 Å². The molecule has 0 fully saturated rings. The zero-order valence-corrected chi connectivity index (χ0v) is 15.0. The lowest BCUT2D eigenvalue weighted by Gasteiger charge is -2.13. The van der Waals surface area contributed by atoms with E-state index < -0.39 is 37.0 Å². The van der Waals surface area contributed by atoms with Crippen LogP contribution in [0.1, 0.15) is 24.2 Å². The van der Waals surface area contributed by atoms with Gasteiger partial charge in [0.05, 0.1) is 7.11 Å². The van der Waals surface area contributed by atoms with Crippen LogP contribution in [0, 0.1) is 0 Å². The minimum absolute atomic E-state index is 0.325. The Balaban J connectivity index is 2.34. The number of rotatable bonds is 9. The van der Waals surface area contributed by atoms with Gasteiger partial charge in [0.25, 0.3) is 11.8 Å². The van der Waals surface area contributed by atoms with Crippen molar-refractivity contribution >= 4 is 23.7 Å². The molecular formula is C17H23N3O6. The summed E-state index contributed by atoms with van der Waals surface area (Å²) in [6, 6.07) is 5.68. The molecule has 9 nitrogen and oxygen atoms in total. The van der Waals surface area contributed by atoms with E-state index in [0.29, 0.717) is 17.9 Å². The number of nitrogens with one attached hydrogen (secondary N) is 3. The molecule has 0 bridgehead atoms. The molecule has 0 aliphatic heterocycles. The third-order valence-corrected chi connectivity index (χ3v) is 3.21. The first kappa shape index (κ1) is 20.9. The molecule has 1 aromatic carbocycles. The summed E-state index contributed by atoms with van der Waals surface area (Å²) in [6.07, 6.45) is 0. The van der Waals surface area contributed by atoms with Gasteiger partial charge in [0.15, 0.2) is 6.61 Å². The lowest BCUT2D eigenvalue weighted by atomic mass is 10.2. The van der Waals surface area contributed by atoms with E-state index in [1.807, 2.05) is 0 Å². The van der Waals surface area contributed by atoms with Crippen LogP contribution >= 0.6 is 0 Å². The molecule has 0 saturated heterocycles. The van der Waals surface area contributed by atoms with E-state index in [-0.39, 0.29) is 5.91 Å². The molecule has 0 heterocycles. The summed E-state index contributed by atoms with van der Waals surface area (Å²) < 4.78 is 9.77. The van der Waals surface area contributed by atoms with Crippen molar-refractivity contribution in [1.29, 1.82) is 0 Å². The van der Waals surface area contributed by atoms with Crippen LogP contribution in [0.2, 0.25) is 0 Å². The van der Waals surface area contributed by atoms with E-state index in [4.69, 9.17) is 9.47 Å². The average Bonchev–Trinajstić information content (AvgIpc) is 2.64. The van der Waals surface area contributed by atoms with Gasteiger partial charge in [-0.3, -0.25) is 19.2 Å². The molecular weight excluding hydrogens is 342 g/mol. The summed E-state index contributed by atoms with van der Waals surface area (Å²) in [5.74, 6) is -1.69. The van der Waals surface area contributed by atoms with Crippen LogP contribution in [0.3, 0.4) is 0 Å². The van der Waals surface area contributed by atoms with Gasteiger partial charge in [-0.2, -0.15) is 0 Å². The summed E-state index contributed by atoms with van der Waals surface area (Å²) in [5.41, 5.74) is 0.325. The Kier molecular flexibility index (Phi) is 8.62. The molecule has 1 rings (SSSR count). The molecule has 0 unspecified atom stereocenters. The normalized spacial score (nSPS) is 11.0. The number of hydrogen-bond donors (Lipinski definition) is 3. The fourth-order valence-corrected chi connectivity index (χ4v) is 1.89. The zero-order chi connectivity index (χ0) is 19.5.